The number of halogens is 3. The van der Waals surface area contributed by atoms with Crippen molar-refractivity contribution in [2.24, 2.45) is 0 Å². The lowest BCUT2D eigenvalue weighted by molar-refractivity contribution is -0.137. The van der Waals surface area contributed by atoms with Gasteiger partial charge >= 0.3 is 6.18 Å². The van der Waals surface area contributed by atoms with E-state index < -0.39 is 17.6 Å². The van der Waals surface area contributed by atoms with E-state index in [0.717, 1.165) is 24.3 Å². The Hall–Kier alpha value is -2.64. The third-order valence-corrected chi connectivity index (χ3v) is 3.16. The number of nitrogens with one attached hydrogen (secondary N) is 1. The topological polar surface area (TPSA) is 64.1 Å². The summed E-state index contributed by atoms with van der Waals surface area (Å²) < 4.78 is 42.5. The first-order valence-electron chi connectivity index (χ1n) is 7.48. The van der Waals surface area contributed by atoms with E-state index in [9.17, 15) is 18.0 Å². The maximum atomic E-state index is 12.5. The van der Waals surface area contributed by atoms with Gasteiger partial charge in [-0.3, -0.25) is 4.79 Å². The number of anilines is 1. The number of nitrogens with zero attached hydrogens (tertiary/aromatic N) is 2. The molecule has 1 N–H and O–H groups in total. The van der Waals surface area contributed by atoms with Crippen molar-refractivity contribution in [2.75, 3.05) is 11.9 Å². The van der Waals surface area contributed by atoms with Gasteiger partial charge in [-0.05, 0) is 24.3 Å². The molecule has 1 amide bonds. The molecule has 0 atom stereocenters. The van der Waals surface area contributed by atoms with E-state index in [4.69, 9.17) is 4.74 Å². The highest BCUT2D eigenvalue weighted by molar-refractivity contribution is 5.91. The number of hydrogen-bond donors (Lipinski definition) is 1. The number of ether oxygens (including phenoxy) is 1. The van der Waals surface area contributed by atoms with Crippen molar-refractivity contribution in [3.05, 3.63) is 48.0 Å². The zero-order valence-electron chi connectivity index (χ0n) is 14.0. The second kappa shape index (κ2) is 7.08. The zero-order valence-corrected chi connectivity index (χ0v) is 14.0. The molecule has 0 aliphatic carbocycles. The van der Waals surface area contributed by atoms with Crippen LogP contribution >= 0.6 is 0 Å². The number of carbonyl (C=O) groups is 1. The van der Waals surface area contributed by atoms with Gasteiger partial charge in [0.1, 0.15) is 11.6 Å². The molecule has 0 unspecified atom stereocenters. The van der Waals surface area contributed by atoms with Crippen LogP contribution in [0.4, 0.5) is 18.9 Å². The second-order valence-corrected chi connectivity index (χ2v) is 6.40. The summed E-state index contributed by atoms with van der Waals surface area (Å²) in [4.78, 5) is 20.2. The summed E-state index contributed by atoms with van der Waals surface area (Å²) in [6.07, 6.45) is -1.43. The van der Waals surface area contributed by atoms with E-state index in [0.29, 0.717) is 11.5 Å². The van der Waals surface area contributed by atoms with Crippen molar-refractivity contribution >= 4 is 11.6 Å². The summed E-state index contributed by atoms with van der Waals surface area (Å²) in [5.74, 6) is 0.348. The smallest absolute Gasteiger partial charge is 0.416 e. The molecule has 0 bridgehead atoms. The third kappa shape index (κ3) is 5.44. The molecule has 8 heteroatoms. The molecule has 134 valence electrons. The van der Waals surface area contributed by atoms with Crippen LogP contribution in [0.25, 0.3) is 0 Å². The van der Waals surface area contributed by atoms with Crippen LogP contribution < -0.4 is 10.1 Å². The summed E-state index contributed by atoms with van der Waals surface area (Å²) in [5, 5.41) is 2.56. The van der Waals surface area contributed by atoms with E-state index in [-0.39, 0.29) is 17.8 Å². The van der Waals surface area contributed by atoms with Gasteiger partial charge in [0.25, 0.3) is 5.91 Å². The standard InChI is InChI=1S/C17H18F3N3O2/c1-16(2,3)15-21-8-12(9-22-15)23-14(24)10-25-13-6-4-11(5-7-13)17(18,19)20/h4-9H,10H2,1-3H3,(H,23,24). The molecular formula is C17H18F3N3O2. The normalized spacial score (nSPS) is 11.9. The molecule has 0 spiro atoms. The first-order valence-corrected chi connectivity index (χ1v) is 7.48. The van der Waals surface area contributed by atoms with Crippen LogP contribution in [0, 0.1) is 0 Å². The van der Waals surface area contributed by atoms with Gasteiger partial charge in [-0.25, -0.2) is 9.97 Å². The highest BCUT2D eigenvalue weighted by Crippen LogP contribution is 2.30. The summed E-state index contributed by atoms with van der Waals surface area (Å²) in [5.41, 5.74) is -0.566. The Kier molecular flexibility index (Phi) is 5.30. The minimum Gasteiger partial charge on any atom is -0.484 e. The molecule has 1 heterocycles. The summed E-state index contributed by atoms with van der Waals surface area (Å²) in [6, 6.07) is 4.12. The molecule has 2 rings (SSSR count). The Morgan fingerprint density at radius 2 is 1.64 bits per heavy atom. The fraction of sp³-hybridized carbons (Fsp3) is 0.353. The average Bonchev–Trinajstić information content (AvgIpc) is 2.52. The van der Waals surface area contributed by atoms with Crippen molar-refractivity contribution in [3.63, 3.8) is 0 Å². The van der Waals surface area contributed by atoms with Crippen LogP contribution in [0.5, 0.6) is 5.75 Å². The molecule has 5 nitrogen and oxygen atoms in total. The fourth-order valence-electron chi connectivity index (χ4n) is 1.87. The quantitative estimate of drug-likeness (QED) is 0.908. The lowest BCUT2D eigenvalue weighted by atomic mass is 9.96. The number of hydrogen-bond acceptors (Lipinski definition) is 4. The van der Waals surface area contributed by atoms with Gasteiger partial charge in [-0.15, -0.1) is 0 Å². The van der Waals surface area contributed by atoms with E-state index >= 15 is 0 Å². The molecule has 25 heavy (non-hydrogen) atoms. The maximum Gasteiger partial charge on any atom is 0.416 e. The Balaban J connectivity index is 1.88. The van der Waals surface area contributed by atoms with Gasteiger partial charge in [0.15, 0.2) is 6.61 Å². The number of benzene rings is 1. The van der Waals surface area contributed by atoms with Crippen LogP contribution in [-0.4, -0.2) is 22.5 Å². The minimum absolute atomic E-state index is 0.169. The van der Waals surface area contributed by atoms with Crippen molar-refractivity contribution in [1.29, 1.82) is 0 Å². The SMILES string of the molecule is CC(C)(C)c1ncc(NC(=O)COc2ccc(C(F)(F)F)cc2)cn1. The number of carbonyl (C=O) groups excluding carboxylic acids is 1. The number of alkyl halides is 3. The highest BCUT2D eigenvalue weighted by atomic mass is 19.4. The van der Waals surface area contributed by atoms with Gasteiger partial charge in [0.05, 0.1) is 23.6 Å². The molecule has 0 fully saturated rings. The van der Waals surface area contributed by atoms with Gasteiger partial charge in [0.2, 0.25) is 0 Å². The lowest BCUT2D eigenvalue weighted by Gasteiger charge is -2.16. The van der Waals surface area contributed by atoms with Crippen molar-refractivity contribution in [3.8, 4) is 5.75 Å². The van der Waals surface area contributed by atoms with Crippen LogP contribution in [-0.2, 0) is 16.4 Å². The Labute approximate surface area is 143 Å². The Morgan fingerprint density at radius 3 is 2.12 bits per heavy atom. The first-order chi connectivity index (χ1) is 11.6. The fourth-order valence-corrected chi connectivity index (χ4v) is 1.87. The lowest BCUT2D eigenvalue weighted by Crippen LogP contribution is -2.21. The van der Waals surface area contributed by atoms with E-state index in [1.807, 2.05) is 20.8 Å². The van der Waals surface area contributed by atoms with Gasteiger partial charge in [0, 0.05) is 5.41 Å². The van der Waals surface area contributed by atoms with Gasteiger partial charge in [-0.2, -0.15) is 13.2 Å². The summed E-state index contributed by atoms with van der Waals surface area (Å²) >= 11 is 0. The zero-order chi connectivity index (χ0) is 18.7. The monoisotopic (exact) mass is 353 g/mol. The van der Waals surface area contributed by atoms with Crippen molar-refractivity contribution in [2.45, 2.75) is 32.4 Å². The molecule has 0 radical (unpaired) electrons. The molecular weight excluding hydrogens is 335 g/mol. The third-order valence-electron chi connectivity index (χ3n) is 3.16. The minimum atomic E-state index is -4.41. The van der Waals surface area contributed by atoms with Crippen LogP contribution in [0.1, 0.15) is 32.2 Å². The molecule has 0 saturated carbocycles. The first kappa shape index (κ1) is 18.7. The maximum absolute atomic E-state index is 12.5. The highest BCUT2D eigenvalue weighted by Gasteiger charge is 2.30. The van der Waals surface area contributed by atoms with E-state index in [2.05, 4.69) is 15.3 Å². The molecule has 1 aromatic heterocycles. The largest absolute Gasteiger partial charge is 0.484 e. The van der Waals surface area contributed by atoms with Crippen molar-refractivity contribution in [1.82, 2.24) is 9.97 Å². The summed E-state index contributed by atoms with van der Waals surface area (Å²) in [6.45, 7) is 5.57. The Morgan fingerprint density at radius 1 is 1.08 bits per heavy atom. The van der Waals surface area contributed by atoms with E-state index in [1.165, 1.54) is 12.4 Å². The van der Waals surface area contributed by atoms with Crippen molar-refractivity contribution < 1.29 is 22.7 Å². The summed E-state index contributed by atoms with van der Waals surface area (Å²) in [7, 11) is 0. The molecule has 0 aliphatic heterocycles. The number of amides is 1. The van der Waals surface area contributed by atoms with Gasteiger partial charge < -0.3 is 10.1 Å². The van der Waals surface area contributed by atoms with Crippen LogP contribution in [0.3, 0.4) is 0 Å². The van der Waals surface area contributed by atoms with Gasteiger partial charge in [-0.1, -0.05) is 20.8 Å². The predicted molar refractivity (Wildman–Crippen MR) is 86.3 cm³/mol. The Bertz CT molecular complexity index is 721. The number of aromatic nitrogens is 2. The molecule has 0 saturated heterocycles. The van der Waals surface area contributed by atoms with E-state index in [1.54, 1.807) is 0 Å². The average molecular weight is 353 g/mol. The molecule has 2 aromatic rings. The van der Waals surface area contributed by atoms with Crippen LogP contribution in [0.2, 0.25) is 0 Å². The van der Waals surface area contributed by atoms with Crippen LogP contribution in [0.15, 0.2) is 36.7 Å². The predicted octanol–water partition coefficient (Wildman–Crippen LogP) is 3.81. The number of rotatable bonds is 4. The second-order valence-electron chi connectivity index (χ2n) is 6.40. The molecule has 1 aromatic carbocycles. The molecule has 0 aliphatic rings.